The zero-order valence-electron chi connectivity index (χ0n) is 44.6. The highest BCUT2D eigenvalue weighted by Gasteiger charge is 2.25. The van der Waals surface area contributed by atoms with Crippen molar-refractivity contribution >= 4 is 11.0 Å². The first-order valence-corrected chi connectivity index (χ1v) is 21.5. The maximum atomic E-state index is 11.8. The van der Waals surface area contributed by atoms with Crippen LogP contribution in [0, 0.1) is 13.7 Å². The van der Waals surface area contributed by atoms with E-state index in [2.05, 4.69) is 85.7 Å². The van der Waals surface area contributed by atoms with Crippen molar-refractivity contribution in [3.63, 3.8) is 0 Å². The fourth-order valence-electron chi connectivity index (χ4n) is 8.08. The molecule has 0 atom stereocenters. The van der Waals surface area contributed by atoms with Crippen molar-refractivity contribution in [1.82, 2.24) is 14.5 Å². The van der Waals surface area contributed by atoms with Crippen LogP contribution in [0.25, 0.3) is 72.7 Å². The molecule has 1 N–H and O–H groups in total. The van der Waals surface area contributed by atoms with Crippen LogP contribution >= 0.6 is 0 Å². The number of rotatable bonds is 8. The number of phenolic OH excluding ortho intramolecular Hbond substituents is 1. The Morgan fingerprint density at radius 1 is 0.597 bits per heavy atom. The molecule has 0 bridgehead atoms. The van der Waals surface area contributed by atoms with Gasteiger partial charge in [0.15, 0.2) is 0 Å². The number of para-hydroxylation sites is 1. The molecule has 6 aromatic carbocycles. The number of phenols is 1. The molecular weight excluding hydrogens is 755 g/mol. The third-order valence-electron chi connectivity index (χ3n) is 11.9. The van der Waals surface area contributed by atoms with Gasteiger partial charge in [0, 0.05) is 26.9 Å². The SMILES string of the molecule is [2H]C([2H])([2H])c1ccc(-c2ccnc(-c3cc(-c4cccc5c4nc(-c4cc(C(C)(C)C)ccc4O)n5-c4ccc(-c5cc(C(C)C)cc(C([2H])(C)C)c5)cc4C([2H])([2H])[2H])cc(C(C)(C)C)c3)c2)cc1. The molecule has 0 aliphatic carbocycles. The van der Waals surface area contributed by atoms with E-state index in [1.807, 2.05) is 91.2 Å². The Morgan fingerprint density at radius 3 is 2.00 bits per heavy atom. The van der Waals surface area contributed by atoms with Gasteiger partial charge >= 0.3 is 0 Å². The number of hydrogen-bond acceptors (Lipinski definition) is 3. The number of aryl methyl sites for hydroxylation is 2. The Bertz CT molecular complexity index is 3230. The zero-order valence-corrected chi connectivity index (χ0v) is 37.6. The molecule has 0 saturated carbocycles. The van der Waals surface area contributed by atoms with Crippen LogP contribution in [0.2, 0.25) is 0 Å². The fraction of sp³-hybridized carbons (Fsp3) is 0.276. The van der Waals surface area contributed by atoms with E-state index >= 15 is 0 Å². The highest BCUT2D eigenvalue weighted by Crippen LogP contribution is 2.42. The lowest BCUT2D eigenvalue weighted by atomic mass is 9.83. The van der Waals surface area contributed by atoms with Gasteiger partial charge in [-0.1, -0.05) is 148 Å². The molecule has 0 amide bonds. The van der Waals surface area contributed by atoms with Gasteiger partial charge in [-0.15, -0.1) is 0 Å². The third kappa shape index (κ3) is 8.36. The molecule has 62 heavy (non-hydrogen) atoms. The van der Waals surface area contributed by atoms with E-state index in [1.165, 1.54) is 0 Å². The predicted octanol–water partition coefficient (Wildman–Crippen LogP) is 15.9. The first kappa shape index (κ1) is 34.3. The summed E-state index contributed by atoms with van der Waals surface area (Å²) in [7, 11) is 0. The molecule has 0 fully saturated rings. The molecule has 0 radical (unpaired) electrons. The summed E-state index contributed by atoms with van der Waals surface area (Å²) in [5, 5.41) is 11.8. The van der Waals surface area contributed by atoms with E-state index in [9.17, 15) is 5.11 Å². The van der Waals surface area contributed by atoms with Crippen LogP contribution in [0.15, 0.2) is 134 Å². The van der Waals surface area contributed by atoms with Gasteiger partial charge in [-0.25, -0.2) is 4.98 Å². The second-order valence-electron chi connectivity index (χ2n) is 19.2. The van der Waals surface area contributed by atoms with E-state index in [-0.39, 0.29) is 33.6 Å². The van der Waals surface area contributed by atoms with Gasteiger partial charge in [0.2, 0.25) is 0 Å². The van der Waals surface area contributed by atoms with Crippen LogP contribution < -0.4 is 0 Å². The number of aromatic nitrogens is 3. The molecule has 4 nitrogen and oxygen atoms in total. The highest BCUT2D eigenvalue weighted by atomic mass is 16.3. The summed E-state index contributed by atoms with van der Waals surface area (Å²) in [6, 6.07) is 40.5. The number of aromatic hydroxyl groups is 1. The van der Waals surface area contributed by atoms with Gasteiger partial charge < -0.3 is 5.11 Å². The standard InChI is InChI=1S/C58H61N3O/c1-35(2)42-27-43(36(3)4)29-44(28-42)40-20-22-52(38(6)26-40)61-53-15-13-14-49(55(53)60-56(61)50-34-47(57(7,8)9)21-23-54(50)62)45-30-46(32-48(31-45)58(10,11)12)51-33-41(24-25-59-51)39-18-16-37(5)17-19-39/h13-36,62H,1-12H3/i5D3,6D3,35D. The Labute approximate surface area is 379 Å². The smallest absolute Gasteiger partial charge is 0.149 e. The van der Waals surface area contributed by atoms with Crippen LogP contribution in [0.1, 0.15) is 124 Å². The second-order valence-corrected chi connectivity index (χ2v) is 19.2. The van der Waals surface area contributed by atoms with E-state index in [0.717, 1.165) is 66.9 Å². The minimum atomic E-state index is -2.56. The van der Waals surface area contributed by atoms with Crippen LogP contribution in [0.4, 0.5) is 0 Å². The van der Waals surface area contributed by atoms with Gasteiger partial charge in [0.1, 0.15) is 11.6 Å². The maximum absolute atomic E-state index is 11.8. The Morgan fingerprint density at radius 2 is 1.31 bits per heavy atom. The summed E-state index contributed by atoms with van der Waals surface area (Å²) in [5.74, 6) is -0.275. The molecule has 314 valence electrons. The van der Waals surface area contributed by atoms with Crippen molar-refractivity contribution in [2.45, 2.75) is 106 Å². The van der Waals surface area contributed by atoms with E-state index < -0.39 is 19.6 Å². The number of nitrogens with zero attached hydrogens (tertiary/aromatic N) is 3. The number of pyridine rings is 1. The van der Waals surface area contributed by atoms with Crippen molar-refractivity contribution in [3.05, 3.63) is 167 Å². The molecular formula is C58H61N3O. The topological polar surface area (TPSA) is 50.9 Å². The monoisotopic (exact) mass is 823 g/mol. The lowest BCUT2D eigenvalue weighted by Gasteiger charge is -2.22. The van der Waals surface area contributed by atoms with Crippen molar-refractivity contribution in [2.24, 2.45) is 0 Å². The molecule has 0 spiro atoms. The predicted molar refractivity (Wildman–Crippen MR) is 263 cm³/mol. The summed E-state index contributed by atoms with van der Waals surface area (Å²) in [4.78, 5) is 10.2. The number of benzene rings is 6. The quantitative estimate of drug-likeness (QED) is 0.166. The first-order chi connectivity index (χ1) is 32.1. The fourth-order valence-corrected chi connectivity index (χ4v) is 8.08. The largest absolute Gasteiger partial charge is 0.507 e. The summed E-state index contributed by atoms with van der Waals surface area (Å²) >= 11 is 0. The molecule has 0 aliphatic rings. The van der Waals surface area contributed by atoms with E-state index in [0.29, 0.717) is 28.1 Å². The van der Waals surface area contributed by atoms with Gasteiger partial charge in [0.25, 0.3) is 0 Å². The minimum Gasteiger partial charge on any atom is -0.507 e. The third-order valence-corrected chi connectivity index (χ3v) is 11.9. The Balaban J connectivity index is 1.38. The molecule has 8 rings (SSSR count). The van der Waals surface area contributed by atoms with Gasteiger partial charge in [0.05, 0.1) is 28.0 Å². The second kappa shape index (κ2) is 16.2. The minimum absolute atomic E-state index is 0.0141. The number of fused-ring (bicyclic) bond motifs is 1. The van der Waals surface area contributed by atoms with Crippen LogP contribution in [0.3, 0.4) is 0 Å². The Hall–Kier alpha value is -6.26. The lowest BCUT2D eigenvalue weighted by Crippen LogP contribution is -2.11. The molecule has 4 heteroatoms. The molecule has 0 aliphatic heterocycles. The molecule has 2 heterocycles. The first-order valence-electron chi connectivity index (χ1n) is 25.0. The van der Waals surface area contributed by atoms with Gasteiger partial charge in [-0.2, -0.15) is 0 Å². The normalized spacial score (nSPS) is 14.5. The summed E-state index contributed by atoms with van der Waals surface area (Å²) < 4.78 is 61.4. The van der Waals surface area contributed by atoms with Crippen molar-refractivity contribution < 1.29 is 14.7 Å². The molecule has 0 saturated heterocycles. The maximum Gasteiger partial charge on any atom is 0.149 e. The van der Waals surface area contributed by atoms with Crippen LogP contribution in [-0.2, 0) is 10.8 Å². The van der Waals surface area contributed by atoms with E-state index in [1.54, 1.807) is 30.5 Å². The lowest BCUT2D eigenvalue weighted by molar-refractivity contribution is 0.475. The number of hydrogen-bond donors (Lipinski definition) is 1. The average molecular weight is 823 g/mol. The molecule has 2 aromatic heterocycles. The molecule has 0 unspecified atom stereocenters. The van der Waals surface area contributed by atoms with Gasteiger partial charge in [-0.3, -0.25) is 9.55 Å². The van der Waals surface area contributed by atoms with Crippen LogP contribution in [-0.4, -0.2) is 19.6 Å². The van der Waals surface area contributed by atoms with Crippen LogP contribution in [0.5, 0.6) is 5.75 Å². The van der Waals surface area contributed by atoms with Crippen molar-refractivity contribution in [2.75, 3.05) is 0 Å². The Kier molecular flexibility index (Phi) is 8.98. The van der Waals surface area contributed by atoms with Crippen molar-refractivity contribution in [3.8, 4) is 67.5 Å². The molecule has 8 aromatic rings. The zero-order chi connectivity index (χ0) is 50.2. The van der Waals surface area contributed by atoms with Gasteiger partial charge in [-0.05, 0) is 147 Å². The summed E-state index contributed by atoms with van der Waals surface area (Å²) in [6.07, 6.45) is 1.77. The number of imidazole rings is 1. The highest BCUT2D eigenvalue weighted by molar-refractivity contribution is 5.97. The van der Waals surface area contributed by atoms with E-state index in [4.69, 9.17) is 19.6 Å². The van der Waals surface area contributed by atoms with Crippen molar-refractivity contribution in [1.29, 1.82) is 0 Å². The summed E-state index contributed by atoms with van der Waals surface area (Å²) in [6.45, 7) is 16.0. The summed E-state index contributed by atoms with van der Waals surface area (Å²) in [5.41, 5.74) is 12.6. The average Bonchev–Trinajstić information content (AvgIpc) is 3.66.